The lowest BCUT2D eigenvalue weighted by Gasteiger charge is -2.37. The number of rotatable bonds is 4. The van der Waals surface area contributed by atoms with Crippen LogP contribution in [0.5, 0.6) is 5.75 Å². The van der Waals surface area contributed by atoms with Crippen molar-refractivity contribution in [1.82, 2.24) is 5.32 Å². The molecule has 1 aliphatic heterocycles. The lowest BCUT2D eigenvalue weighted by molar-refractivity contribution is -0.384. The van der Waals surface area contributed by atoms with Crippen LogP contribution in [0, 0.1) is 10.1 Å². The topological polar surface area (TPSA) is 81.5 Å². The molecule has 0 saturated carbocycles. The molecule has 1 heterocycles. The van der Waals surface area contributed by atoms with Crippen LogP contribution in [0.25, 0.3) is 6.08 Å². The second-order valence-electron chi connectivity index (χ2n) is 6.85. The molecular formula is C20H20N2O4. The van der Waals surface area contributed by atoms with E-state index < -0.39 is 4.92 Å². The molecule has 134 valence electrons. The number of benzene rings is 2. The van der Waals surface area contributed by atoms with E-state index in [1.54, 1.807) is 18.2 Å². The van der Waals surface area contributed by atoms with Gasteiger partial charge in [-0.3, -0.25) is 14.9 Å². The Morgan fingerprint density at radius 2 is 2.04 bits per heavy atom. The van der Waals surface area contributed by atoms with Gasteiger partial charge in [0.2, 0.25) is 5.91 Å². The normalized spacial score (nSPS) is 18.0. The summed E-state index contributed by atoms with van der Waals surface area (Å²) < 4.78 is 5.96. The molecular weight excluding hydrogens is 332 g/mol. The molecule has 26 heavy (non-hydrogen) atoms. The zero-order valence-electron chi connectivity index (χ0n) is 14.6. The number of fused-ring (bicyclic) bond motifs is 1. The minimum Gasteiger partial charge on any atom is -0.487 e. The second kappa shape index (κ2) is 7.00. The first-order chi connectivity index (χ1) is 12.3. The Morgan fingerprint density at radius 3 is 2.81 bits per heavy atom. The molecule has 0 aliphatic carbocycles. The summed E-state index contributed by atoms with van der Waals surface area (Å²) in [5.41, 5.74) is 1.16. The Morgan fingerprint density at radius 1 is 1.27 bits per heavy atom. The van der Waals surface area contributed by atoms with E-state index in [2.05, 4.69) is 5.32 Å². The predicted molar refractivity (Wildman–Crippen MR) is 98.8 cm³/mol. The molecule has 3 rings (SSSR count). The second-order valence-corrected chi connectivity index (χ2v) is 6.85. The molecule has 0 fully saturated rings. The van der Waals surface area contributed by atoms with Crippen molar-refractivity contribution < 1.29 is 14.5 Å². The van der Waals surface area contributed by atoms with Crippen molar-refractivity contribution in [3.05, 3.63) is 75.8 Å². The van der Waals surface area contributed by atoms with Crippen LogP contribution in [-0.4, -0.2) is 16.4 Å². The Bertz CT molecular complexity index is 874. The van der Waals surface area contributed by atoms with E-state index in [9.17, 15) is 14.9 Å². The highest BCUT2D eigenvalue weighted by atomic mass is 16.6. The number of nitrogens with one attached hydrogen (secondary N) is 1. The van der Waals surface area contributed by atoms with E-state index in [4.69, 9.17) is 4.74 Å². The van der Waals surface area contributed by atoms with Crippen molar-refractivity contribution in [2.45, 2.75) is 31.9 Å². The smallest absolute Gasteiger partial charge is 0.270 e. The number of para-hydroxylation sites is 1. The first-order valence-corrected chi connectivity index (χ1v) is 8.35. The predicted octanol–water partition coefficient (Wildman–Crippen LogP) is 4.03. The van der Waals surface area contributed by atoms with Crippen LogP contribution in [0.2, 0.25) is 0 Å². The summed E-state index contributed by atoms with van der Waals surface area (Å²) in [6.07, 6.45) is 3.61. The fourth-order valence-corrected chi connectivity index (χ4v) is 3.06. The number of hydrogen-bond acceptors (Lipinski definition) is 4. The molecule has 0 aromatic heterocycles. The number of nitrogens with zero attached hydrogens (tertiary/aromatic N) is 1. The van der Waals surface area contributed by atoms with E-state index in [0.29, 0.717) is 12.0 Å². The summed E-state index contributed by atoms with van der Waals surface area (Å²) in [6.45, 7) is 3.97. The first kappa shape index (κ1) is 17.7. The number of carbonyl (C=O) groups excluding carboxylic acids is 1. The highest BCUT2D eigenvalue weighted by Crippen LogP contribution is 2.39. The molecule has 2 aromatic rings. The van der Waals surface area contributed by atoms with Crippen LogP contribution in [0.4, 0.5) is 5.69 Å². The van der Waals surface area contributed by atoms with Gasteiger partial charge in [-0.2, -0.15) is 0 Å². The fourth-order valence-electron chi connectivity index (χ4n) is 3.06. The Balaban J connectivity index is 1.74. The van der Waals surface area contributed by atoms with Crippen LogP contribution in [0.3, 0.4) is 0 Å². The van der Waals surface area contributed by atoms with Gasteiger partial charge in [0.05, 0.1) is 11.0 Å². The zero-order chi connectivity index (χ0) is 18.7. The number of ether oxygens (including phenoxy) is 1. The number of carbonyl (C=O) groups is 1. The summed E-state index contributed by atoms with van der Waals surface area (Å²) >= 11 is 0. The Hall–Kier alpha value is -3.15. The average Bonchev–Trinajstić information content (AvgIpc) is 2.59. The molecule has 0 bridgehead atoms. The molecule has 1 amide bonds. The number of amides is 1. The van der Waals surface area contributed by atoms with Gasteiger partial charge in [0.1, 0.15) is 11.4 Å². The number of nitro benzene ring substituents is 1. The maximum atomic E-state index is 12.4. The molecule has 0 radical (unpaired) electrons. The van der Waals surface area contributed by atoms with Crippen molar-refractivity contribution in [2.24, 2.45) is 0 Å². The van der Waals surface area contributed by atoms with Crippen LogP contribution < -0.4 is 10.1 Å². The van der Waals surface area contributed by atoms with E-state index in [0.717, 1.165) is 11.3 Å². The lowest BCUT2D eigenvalue weighted by Crippen LogP contribution is -2.40. The van der Waals surface area contributed by atoms with Crippen molar-refractivity contribution in [1.29, 1.82) is 0 Å². The quantitative estimate of drug-likeness (QED) is 0.512. The molecule has 0 saturated heterocycles. The van der Waals surface area contributed by atoms with Gasteiger partial charge in [0.15, 0.2) is 0 Å². The fraction of sp³-hybridized carbons (Fsp3) is 0.250. The minimum absolute atomic E-state index is 0.00679. The third-order valence-corrected chi connectivity index (χ3v) is 4.20. The van der Waals surface area contributed by atoms with E-state index >= 15 is 0 Å². The maximum absolute atomic E-state index is 12.4. The van der Waals surface area contributed by atoms with E-state index in [1.165, 1.54) is 18.2 Å². The molecule has 0 spiro atoms. The van der Waals surface area contributed by atoms with Crippen molar-refractivity contribution in [2.75, 3.05) is 0 Å². The van der Waals surface area contributed by atoms with Gasteiger partial charge in [-0.15, -0.1) is 0 Å². The van der Waals surface area contributed by atoms with Gasteiger partial charge in [-0.1, -0.05) is 30.3 Å². The van der Waals surface area contributed by atoms with Crippen molar-refractivity contribution >= 4 is 17.7 Å². The SMILES string of the molecule is CC1(C)C[C@@H](NC(=O)/C=C/c2cccc([N+](=O)[O-])c2)c2ccccc2O1. The molecule has 0 unspecified atom stereocenters. The van der Waals surface area contributed by atoms with Crippen LogP contribution in [-0.2, 0) is 4.79 Å². The molecule has 6 nitrogen and oxygen atoms in total. The first-order valence-electron chi connectivity index (χ1n) is 8.35. The summed E-state index contributed by atoms with van der Waals surface area (Å²) in [7, 11) is 0. The third kappa shape index (κ3) is 4.08. The van der Waals surface area contributed by atoms with Crippen LogP contribution in [0.1, 0.15) is 37.4 Å². The summed E-state index contributed by atoms with van der Waals surface area (Å²) in [6, 6.07) is 13.6. The van der Waals surface area contributed by atoms with E-state index in [1.807, 2.05) is 38.1 Å². The number of hydrogen-bond donors (Lipinski definition) is 1. The van der Waals surface area contributed by atoms with Crippen molar-refractivity contribution in [3.63, 3.8) is 0 Å². The molecule has 6 heteroatoms. The largest absolute Gasteiger partial charge is 0.487 e. The highest BCUT2D eigenvalue weighted by Gasteiger charge is 2.33. The van der Waals surface area contributed by atoms with Crippen LogP contribution >= 0.6 is 0 Å². The number of nitro groups is 1. The van der Waals surface area contributed by atoms with Crippen molar-refractivity contribution in [3.8, 4) is 5.75 Å². The van der Waals surface area contributed by atoms with Gasteiger partial charge in [-0.05, 0) is 31.6 Å². The minimum atomic E-state index is -0.460. The van der Waals surface area contributed by atoms with Gasteiger partial charge in [0, 0.05) is 30.2 Å². The zero-order valence-corrected chi connectivity index (χ0v) is 14.6. The summed E-state index contributed by atoms with van der Waals surface area (Å²) in [5, 5.41) is 13.8. The lowest BCUT2D eigenvalue weighted by atomic mass is 9.89. The molecule has 1 atom stereocenters. The monoisotopic (exact) mass is 352 g/mol. The van der Waals surface area contributed by atoms with Crippen LogP contribution in [0.15, 0.2) is 54.6 Å². The highest BCUT2D eigenvalue weighted by molar-refractivity contribution is 5.92. The van der Waals surface area contributed by atoms with Gasteiger partial charge in [0.25, 0.3) is 5.69 Å². The number of non-ortho nitro benzene ring substituents is 1. The standard InChI is InChI=1S/C20H20N2O4/c1-20(2)13-17(16-8-3-4-9-18(16)26-20)21-19(23)11-10-14-6-5-7-15(12-14)22(24)25/h3-12,17H,13H2,1-2H3,(H,21,23)/b11-10+/t17-/m1/s1. The van der Waals surface area contributed by atoms with Gasteiger partial charge >= 0.3 is 0 Å². The summed E-state index contributed by atoms with van der Waals surface area (Å²) in [5.74, 6) is 0.519. The molecule has 2 aromatic carbocycles. The molecule has 1 aliphatic rings. The maximum Gasteiger partial charge on any atom is 0.270 e. The Labute approximate surface area is 151 Å². The van der Waals surface area contributed by atoms with Gasteiger partial charge in [-0.25, -0.2) is 0 Å². The molecule has 1 N–H and O–H groups in total. The van der Waals surface area contributed by atoms with Gasteiger partial charge < -0.3 is 10.1 Å². The Kier molecular flexibility index (Phi) is 4.75. The third-order valence-electron chi connectivity index (χ3n) is 4.20. The summed E-state index contributed by atoms with van der Waals surface area (Å²) in [4.78, 5) is 22.7. The van der Waals surface area contributed by atoms with E-state index in [-0.39, 0.29) is 23.2 Å². The average molecular weight is 352 g/mol.